The average Bonchev–Trinajstić information content (AvgIpc) is 2.43. The van der Waals surface area contributed by atoms with E-state index in [1.807, 2.05) is 0 Å². The second-order valence-electron chi connectivity index (χ2n) is 6.07. The smallest absolute Gasteiger partial charge is 0.870 e. The molecule has 0 rings (SSSR count). The molecule has 0 heterocycles. The van der Waals surface area contributed by atoms with Gasteiger partial charge >= 0.3 is 17.4 Å². The summed E-state index contributed by atoms with van der Waals surface area (Å²) in [5.41, 5.74) is 0. The zero-order chi connectivity index (χ0) is 14.9. The van der Waals surface area contributed by atoms with Gasteiger partial charge in [-0.05, 0) is 12.8 Å². The van der Waals surface area contributed by atoms with Crippen molar-refractivity contribution in [1.82, 2.24) is 0 Å². The van der Waals surface area contributed by atoms with E-state index in [9.17, 15) is 9.90 Å². The van der Waals surface area contributed by atoms with Crippen LogP contribution in [0.25, 0.3) is 0 Å². The molecule has 1 radical (unpaired) electrons. The third-order valence-electron chi connectivity index (χ3n) is 3.98. The molecular formula is C18H36AlO3. The number of aliphatic carboxylic acids is 1. The third kappa shape index (κ3) is 24.9. The zero-order valence-electron chi connectivity index (χ0n) is 14.7. The van der Waals surface area contributed by atoms with Crippen molar-refractivity contribution in [2.24, 2.45) is 0 Å². The Kier molecular flexibility index (Phi) is 28.3. The van der Waals surface area contributed by atoms with Gasteiger partial charge in [-0.3, -0.25) is 0 Å². The fraction of sp³-hybridized carbons (Fsp3) is 0.944. The Labute approximate surface area is 148 Å². The topological polar surface area (TPSA) is 70.1 Å². The normalized spacial score (nSPS) is 9.86. The van der Waals surface area contributed by atoms with Gasteiger partial charge in [0.1, 0.15) is 0 Å². The summed E-state index contributed by atoms with van der Waals surface area (Å²) in [7, 11) is 0. The molecule has 0 saturated carbocycles. The first kappa shape index (κ1) is 26.8. The molecule has 0 bridgehead atoms. The molecule has 0 aromatic rings. The maximum Gasteiger partial charge on any atom is 2.00 e. The summed E-state index contributed by atoms with van der Waals surface area (Å²) in [5.74, 6) is -0.903. The molecule has 0 aromatic heterocycles. The Hall–Kier alpha value is -0.0375. The summed E-state index contributed by atoms with van der Waals surface area (Å²) in [5, 5.41) is 10.2. The molecule has 0 spiro atoms. The van der Waals surface area contributed by atoms with E-state index in [-0.39, 0.29) is 29.3 Å². The number of rotatable bonds is 16. The molecular weight excluding hydrogens is 291 g/mol. The zero-order valence-corrected chi connectivity index (χ0v) is 15.8. The fourth-order valence-electron chi connectivity index (χ4n) is 2.64. The van der Waals surface area contributed by atoms with Crippen molar-refractivity contribution >= 4 is 23.3 Å². The number of hydrogen-bond donors (Lipinski definition) is 0. The average molecular weight is 327 g/mol. The predicted octanol–water partition coefficient (Wildman–Crippen LogP) is 4.44. The maximum absolute atomic E-state index is 10.2. The first-order valence-corrected chi connectivity index (χ1v) is 8.97. The molecule has 0 aliphatic carbocycles. The minimum atomic E-state index is -0.903. The molecule has 3 nitrogen and oxygen atoms in total. The van der Waals surface area contributed by atoms with E-state index in [2.05, 4.69) is 6.92 Å². The van der Waals surface area contributed by atoms with E-state index in [1.54, 1.807) is 0 Å². The van der Waals surface area contributed by atoms with Crippen molar-refractivity contribution in [2.45, 2.75) is 110 Å². The summed E-state index contributed by atoms with van der Waals surface area (Å²) in [6.07, 6.45) is 19.9. The van der Waals surface area contributed by atoms with Gasteiger partial charge < -0.3 is 15.4 Å². The molecule has 0 aliphatic rings. The van der Waals surface area contributed by atoms with Crippen LogP contribution in [0.3, 0.4) is 0 Å². The van der Waals surface area contributed by atoms with E-state index >= 15 is 0 Å². The number of carboxylic acids is 1. The summed E-state index contributed by atoms with van der Waals surface area (Å²) in [4.78, 5) is 10.2. The van der Waals surface area contributed by atoms with Crippen molar-refractivity contribution in [3.05, 3.63) is 0 Å². The van der Waals surface area contributed by atoms with Crippen molar-refractivity contribution < 1.29 is 15.4 Å². The van der Waals surface area contributed by atoms with E-state index in [0.717, 1.165) is 12.8 Å². The summed E-state index contributed by atoms with van der Waals surface area (Å²) in [6, 6.07) is 0. The van der Waals surface area contributed by atoms with Crippen LogP contribution >= 0.6 is 0 Å². The van der Waals surface area contributed by atoms with Gasteiger partial charge in [-0.1, -0.05) is 96.8 Å². The Morgan fingerprint density at radius 1 is 0.636 bits per heavy atom. The number of carbonyl (C=O) groups is 1. The number of hydrogen-bond acceptors (Lipinski definition) is 3. The molecule has 1 N–H and O–H groups in total. The van der Waals surface area contributed by atoms with Crippen LogP contribution in [0.5, 0.6) is 0 Å². The molecule has 129 valence electrons. The SMILES string of the molecule is CCCCCCCCCCCCCCCCCC(=O)[O-].[Al+2].[OH-]. The maximum atomic E-state index is 10.2. The van der Waals surface area contributed by atoms with Gasteiger partial charge in [-0.2, -0.15) is 0 Å². The Bertz CT molecular complexity index is 211. The first-order valence-electron chi connectivity index (χ1n) is 8.97. The summed E-state index contributed by atoms with van der Waals surface area (Å²) >= 11 is 0. The quantitative estimate of drug-likeness (QED) is 0.311. The van der Waals surface area contributed by atoms with Crippen LogP contribution in [0.4, 0.5) is 0 Å². The fourth-order valence-corrected chi connectivity index (χ4v) is 2.64. The van der Waals surface area contributed by atoms with Crippen LogP contribution in [-0.4, -0.2) is 28.8 Å². The molecule has 0 fully saturated rings. The van der Waals surface area contributed by atoms with Crippen molar-refractivity contribution in [1.29, 1.82) is 0 Å². The van der Waals surface area contributed by atoms with E-state index < -0.39 is 5.97 Å². The first-order chi connectivity index (χ1) is 9.77. The van der Waals surface area contributed by atoms with Crippen molar-refractivity contribution in [3.8, 4) is 0 Å². The Balaban J connectivity index is -0.00000180. The molecule has 0 saturated heterocycles. The van der Waals surface area contributed by atoms with Crippen LogP contribution in [0.1, 0.15) is 110 Å². The van der Waals surface area contributed by atoms with Gasteiger partial charge in [0.25, 0.3) is 0 Å². The van der Waals surface area contributed by atoms with Gasteiger partial charge in [0, 0.05) is 5.97 Å². The predicted molar refractivity (Wildman–Crippen MR) is 92.2 cm³/mol. The van der Waals surface area contributed by atoms with Gasteiger partial charge in [0.15, 0.2) is 0 Å². The minimum Gasteiger partial charge on any atom is -0.870 e. The van der Waals surface area contributed by atoms with Crippen LogP contribution in [-0.2, 0) is 4.79 Å². The second-order valence-corrected chi connectivity index (χ2v) is 6.07. The summed E-state index contributed by atoms with van der Waals surface area (Å²) in [6.45, 7) is 2.27. The Morgan fingerprint density at radius 3 is 1.18 bits per heavy atom. The van der Waals surface area contributed by atoms with E-state index in [0.29, 0.717) is 0 Å². The second kappa shape index (κ2) is 23.2. The van der Waals surface area contributed by atoms with Crippen LogP contribution < -0.4 is 5.11 Å². The molecule has 0 aliphatic heterocycles. The van der Waals surface area contributed by atoms with Gasteiger partial charge in [-0.25, -0.2) is 0 Å². The standard InChI is InChI=1S/C18H36O2.Al.H2O/c1-2-3-4-5-6-7-8-9-10-11-12-13-14-15-16-17-18(19)20;;/h2-17H2,1H3,(H,19,20);;1H2/q;+2;/p-2. The monoisotopic (exact) mass is 327 g/mol. The number of carboxylic acid groups (broad SMARTS) is 1. The van der Waals surface area contributed by atoms with Gasteiger partial charge in [-0.15, -0.1) is 0 Å². The Morgan fingerprint density at radius 2 is 0.909 bits per heavy atom. The van der Waals surface area contributed by atoms with Gasteiger partial charge in [0.2, 0.25) is 0 Å². The molecule has 0 amide bonds. The van der Waals surface area contributed by atoms with Crippen molar-refractivity contribution in [3.63, 3.8) is 0 Å². The van der Waals surface area contributed by atoms with E-state index in [1.165, 1.54) is 83.5 Å². The molecule has 4 heteroatoms. The summed E-state index contributed by atoms with van der Waals surface area (Å²) < 4.78 is 0. The molecule has 22 heavy (non-hydrogen) atoms. The number of unbranched alkanes of at least 4 members (excludes halogenated alkanes) is 14. The van der Waals surface area contributed by atoms with Crippen LogP contribution in [0.2, 0.25) is 0 Å². The van der Waals surface area contributed by atoms with Crippen LogP contribution in [0, 0.1) is 0 Å². The van der Waals surface area contributed by atoms with Gasteiger partial charge in [0.05, 0.1) is 0 Å². The van der Waals surface area contributed by atoms with Crippen LogP contribution in [0.15, 0.2) is 0 Å². The minimum absolute atomic E-state index is 0. The molecule has 0 aromatic carbocycles. The number of carbonyl (C=O) groups excluding carboxylic acids is 1. The third-order valence-corrected chi connectivity index (χ3v) is 3.98. The van der Waals surface area contributed by atoms with E-state index in [4.69, 9.17) is 0 Å². The van der Waals surface area contributed by atoms with Crippen molar-refractivity contribution in [2.75, 3.05) is 0 Å². The molecule has 0 unspecified atom stereocenters. The largest absolute Gasteiger partial charge is 2.00 e. The molecule has 0 atom stereocenters.